The Morgan fingerprint density at radius 1 is 1.09 bits per heavy atom. The lowest BCUT2D eigenvalue weighted by atomic mass is 9.81. The first-order valence-corrected chi connectivity index (χ1v) is 12.5. The van der Waals surface area contributed by atoms with Gasteiger partial charge in [0.25, 0.3) is 0 Å². The Hall–Kier alpha value is -1.99. The largest absolute Gasteiger partial charge is 0.493 e. The highest BCUT2D eigenvalue weighted by molar-refractivity contribution is 6.42. The number of piperidine rings is 1. The molecule has 184 valence electrons. The molecule has 2 aliphatic rings. The van der Waals surface area contributed by atoms with Gasteiger partial charge in [-0.15, -0.1) is 0 Å². The number of likely N-dealkylation sites (tertiary alicyclic amines) is 1. The van der Waals surface area contributed by atoms with Crippen molar-refractivity contribution < 1.29 is 19.4 Å². The van der Waals surface area contributed by atoms with Crippen LogP contribution >= 0.6 is 23.2 Å². The number of aliphatic hydroxyl groups is 1. The summed E-state index contributed by atoms with van der Waals surface area (Å²) in [5, 5.41) is 11.7. The van der Waals surface area contributed by atoms with Gasteiger partial charge in [-0.3, -0.25) is 14.6 Å². The van der Waals surface area contributed by atoms with E-state index in [1.807, 2.05) is 6.92 Å². The highest BCUT2D eigenvalue weighted by atomic mass is 35.5. The van der Waals surface area contributed by atoms with Crippen LogP contribution in [0.4, 0.5) is 5.69 Å². The first kappa shape index (κ1) is 25.1. The van der Waals surface area contributed by atoms with Crippen molar-refractivity contribution in [2.24, 2.45) is 5.92 Å². The number of amides is 1. The molecule has 2 saturated heterocycles. The number of hydrogen-bond donors (Lipinski definition) is 1. The standard InChI is InChI=1S/C26H32Cl2N2O4/c1-17-8-10-29(11-9-17)12-13-34-23-15-19(5-7-22(23)33-3)30-24(31)16-26(2,25(30)32)18-4-6-20(27)21(28)14-18/h4-7,14-15,17,24,31H,8-13,16H2,1-3H3. The van der Waals surface area contributed by atoms with Gasteiger partial charge >= 0.3 is 0 Å². The first-order valence-electron chi connectivity index (χ1n) is 11.7. The third kappa shape index (κ3) is 5.01. The van der Waals surface area contributed by atoms with Crippen molar-refractivity contribution >= 4 is 34.8 Å². The van der Waals surface area contributed by atoms with Crippen LogP contribution in [0.25, 0.3) is 0 Å². The van der Waals surface area contributed by atoms with E-state index in [-0.39, 0.29) is 12.3 Å². The van der Waals surface area contributed by atoms with E-state index in [4.69, 9.17) is 32.7 Å². The highest BCUT2D eigenvalue weighted by Crippen LogP contribution is 2.43. The van der Waals surface area contributed by atoms with E-state index >= 15 is 0 Å². The molecule has 1 N–H and O–H groups in total. The predicted molar refractivity (Wildman–Crippen MR) is 135 cm³/mol. The molecule has 6 nitrogen and oxygen atoms in total. The number of benzene rings is 2. The maximum atomic E-state index is 13.6. The molecule has 34 heavy (non-hydrogen) atoms. The molecule has 4 rings (SSSR count). The van der Waals surface area contributed by atoms with Crippen molar-refractivity contribution in [3.63, 3.8) is 0 Å². The van der Waals surface area contributed by atoms with Gasteiger partial charge in [0.2, 0.25) is 5.91 Å². The van der Waals surface area contributed by atoms with Crippen LogP contribution < -0.4 is 14.4 Å². The monoisotopic (exact) mass is 506 g/mol. The van der Waals surface area contributed by atoms with Crippen LogP contribution in [0.3, 0.4) is 0 Å². The second kappa shape index (κ2) is 10.3. The summed E-state index contributed by atoms with van der Waals surface area (Å²) in [6.07, 6.45) is 1.68. The minimum Gasteiger partial charge on any atom is -0.493 e. The van der Waals surface area contributed by atoms with E-state index in [1.165, 1.54) is 17.7 Å². The number of ether oxygens (including phenoxy) is 2. The second-order valence-electron chi connectivity index (χ2n) is 9.53. The molecule has 0 bridgehead atoms. The molecular formula is C26H32Cl2N2O4. The molecule has 2 aliphatic heterocycles. The topological polar surface area (TPSA) is 62.2 Å². The number of halogens is 2. The average molecular weight is 507 g/mol. The van der Waals surface area contributed by atoms with Crippen LogP contribution in [0.1, 0.15) is 38.7 Å². The Labute approximate surface area is 211 Å². The first-order chi connectivity index (χ1) is 16.2. The SMILES string of the molecule is COc1ccc(N2C(=O)C(C)(c3ccc(Cl)c(Cl)c3)CC2O)cc1OCCN1CCC(C)CC1. The number of nitrogens with zero attached hydrogens (tertiary/aromatic N) is 2. The van der Waals surface area contributed by atoms with E-state index in [0.717, 1.165) is 25.6 Å². The van der Waals surface area contributed by atoms with E-state index in [1.54, 1.807) is 43.5 Å². The van der Waals surface area contributed by atoms with Crippen LogP contribution in [0.2, 0.25) is 10.0 Å². The normalized spacial score (nSPS) is 24.0. The number of rotatable bonds is 7. The summed E-state index contributed by atoms with van der Waals surface area (Å²) in [7, 11) is 1.59. The fourth-order valence-electron chi connectivity index (χ4n) is 4.81. The van der Waals surface area contributed by atoms with Crippen molar-refractivity contribution in [3.05, 3.63) is 52.0 Å². The summed E-state index contributed by atoms with van der Waals surface area (Å²) >= 11 is 12.3. The predicted octanol–water partition coefficient (Wildman–Crippen LogP) is 5.13. The van der Waals surface area contributed by atoms with Crippen molar-refractivity contribution in [1.82, 2.24) is 4.90 Å². The zero-order chi connectivity index (χ0) is 24.5. The van der Waals surface area contributed by atoms with Gasteiger partial charge in [0.15, 0.2) is 11.5 Å². The van der Waals surface area contributed by atoms with Gasteiger partial charge in [-0.25, -0.2) is 0 Å². The van der Waals surface area contributed by atoms with Gasteiger partial charge in [0.1, 0.15) is 12.8 Å². The zero-order valence-electron chi connectivity index (χ0n) is 19.9. The smallest absolute Gasteiger partial charge is 0.239 e. The summed E-state index contributed by atoms with van der Waals surface area (Å²) in [4.78, 5) is 17.4. The molecular weight excluding hydrogens is 475 g/mol. The summed E-state index contributed by atoms with van der Waals surface area (Å²) in [5.41, 5.74) is 0.346. The minimum absolute atomic E-state index is 0.211. The lowest BCUT2D eigenvalue weighted by Gasteiger charge is -2.30. The molecule has 0 spiro atoms. The van der Waals surface area contributed by atoms with E-state index < -0.39 is 11.6 Å². The molecule has 2 unspecified atom stereocenters. The molecule has 2 atom stereocenters. The third-order valence-corrected chi connectivity index (χ3v) is 7.84. The Morgan fingerprint density at radius 3 is 2.50 bits per heavy atom. The second-order valence-corrected chi connectivity index (χ2v) is 10.3. The molecule has 2 aromatic carbocycles. The van der Waals surface area contributed by atoms with Crippen LogP contribution in [0.5, 0.6) is 11.5 Å². The Morgan fingerprint density at radius 2 is 1.82 bits per heavy atom. The number of hydrogen-bond acceptors (Lipinski definition) is 5. The van der Waals surface area contributed by atoms with Gasteiger partial charge in [0.05, 0.1) is 28.3 Å². The molecule has 0 aromatic heterocycles. The van der Waals surface area contributed by atoms with Gasteiger partial charge in [-0.2, -0.15) is 0 Å². The van der Waals surface area contributed by atoms with Gasteiger partial charge in [0, 0.05) is 19.0 Å². The zero-order valence-corrected chi connectivity index (χ0v) is 21.4. The molecule has 0 saturated carbocycles. The van der Waals surface area contributed by atoms with Crippen LogP contribution in [-0.4, -0.2) is 55.5 Å². The lowest BCUT2D eigenvalue weighted by Crippen LogP contribution is -2.38. The van der Waals surface area contributed by atoms with Gasteiger partial charge < -0.3 is 14.6 Å². The molecule has 2 fully saturated rings. The number of carbonyl (C=O) groups is 1. The van der Waals surface area contributed by atoms with Crippen LogP contribution in [0, 0.1) is 5.92 Å². The van der Waals surface area contributed by atoms with E-state index in [9.17, 15) is 9.90 Å². The Balaban J connectivity index is 1.51. The molecule has 0 aliphatic carbocycles. The van der Waals surface area contributed by atoms with Crippen LogP contribution in [0.15, 0.2) is 36.4 Å². The summed E-state index contributed by atoms with van der Waals surface area (Å²) in [6.45, 7) is 7.64. The Bertz CT molecular complexity index is 1040. The Kier molecular flexibility index (Phi) is 7.63. The van der Waals surface area contributed by atoms with Crippen molar-refractivity contribution in [1.29, 1.82) is 0 Å². The maximum absolute atomic E-state index is 13.6. The quantitative estimate of drug-likeness (QED) is 0.564. The molecule has 8 heteroatoms. The van der Waals surface area contributed by atoms with Gasteiger partial charge in [-0.05, 0) is 68.6 Å². The number of aliphatic hydroxyl groups excluding tert-OH is 1. The van der Waals surface area contributed by atoms with Crippen molar-refractivity contribution in [2.75, 3.05) is 38.3 Å². The highest BCUT2D eigenvalue weighted by Gasteiger charge is 2.50. The van der Waals surface area contributed by atoms with Crippen molar-refractivity contribution in [2.45, 2.75) is 44.8 Å². The number of methoxy groups -OCH3 is 1. The molecule has 0 radical (unpaired) electrons. The maximum Gasteiger partial charge on any atom is 0.239 e. The number of anilines is 1. The lowest BCUT2D eigenvalue weighted by molar-refractivity contribution is -0.121. The summed E-state index contributed by atoms with van der Waals surface area (Å²) < 4.78 is 11.6. The number of carbonyl (C=O) groups excluding carboxylic acids is 1. The fraction of sp³-hybridized carbons (Fsp3) is 0.500. The van der Waals surface area contributed by atoms with Crippen molar-refractivity contribution in [3.8, 4) is 11.5 Å². The fourth-order valence-corrected chi connectivity index (χ4v) is 5.11. The van der Waals surface area contributed by atoms with Gasteiger partial charge in [-0.1, -0.05) is 36.2 Å². The molecule has 2 aromatic rings. The third-order valence-electron chi connectivity index (χ3n) is 7.10. The molecule has 2 heterocycles. The average Bonchev–Trinajstić information content (AvgIpc) is 3.05. The van der Waals surface area contributed by atoms with Crippen LogP contribution in [-0.2, 0) is 10.2 Å². The summed E-state index contributed by atoms with van der Waals surface area (Å²) in [6, 6.07) is 10.4. The summed E-state index contributed by atoms with van der Waals surface area (Å²) in [5.74, 6) is 1.71. The van der Waals surface area contributed by atoms with E-state index in [0.29, 0.717) is 39.4 Å². The van der Waals surface area contributed by atoms with E-state index in [2.05, 4.69) is 11.8 Å². The minimum atomic E-state index is -0.983. The molecule has 1 amide bonds.